The van der Waals surface area contributed by atoms with Gasteiger partial charge in [0.2, 0.25) is 0 Å². The van der Waals surface area contributed by atoms with Gasteiger partial charge in [-0.3, -0.25) is 9.59 Å². The van der Waals surface area contributed by atoms with Gasteiger partial charge in [-0.2, -0.15) is 0 Å². The summed E-state index contributed by atoms with van der Waals surface area (Å²) in [6.07, 6.45) is 24.9. The summed E-state index contributed by atoms with van der Waals surface area (Å²) < 4.78 is 11.6. The first kappa shape index (κ1) is 34.8. The van der Waals surface area contributed by atoms with Crippen molar-refractivity contribution in [3.05, 3.63) is 48.6 Å². The van der Waals surface area contributed by atoms with E-state index in [-0.39, 0.29) is 30.5 Å². The lowest BCUT2D eigenvalue weighted by Crippen LogP contribution is -2.50. The van der Waals surface area contributed by atoms with Gasteiger partial charge in [-0.1, -0.05) is 89.8 Å². The zero-order chi connectivity index (χ0) is 33.9. The third-order valence-corrected chi connectivity index (χ3v) is 15.4. The van der Waals surface area contributed by atoms with Crippen molar-refractivity contribution in [1.82, 2.24) is 0 Å². The van der Waals surface area contributed by atoms with Gasteiger partial charge in [-0.05, 0) is 122 Å². The van der Waals surface area contributed by atoms with E-state index in [9.17, 15) is 9.59 Å². The van der Waals surface area contributed by atoms with Gasteiger partial charge < -0.3 is 9.47 Å². The molecule has 0 aliphatic heterocycles. The standard InChI is InChI=1S/C43H64O4/c1-9-42(23-17-32-30(26-42)13-15-34-38(3,4)19-11-21-40(32,34)7)28-46-36(44)25-37(45)47-29-43(10-2)24-18-33-31(27-43)14-16-35-39(5,6)20-12-22-41(33,35)8/h9-10,13-14,32-35H,1-2,11-12,15-29H2,3-8H3/t32-,33-,34-,35+,40-,41-,42-,43-/m0/s1. The maximum Gasteiger partial charge on any atom is 0.317 e. The van der Waals surface area contributed by atoms with Crippen molar-refractivity contribution in [3.63, 3.8) is 0 Å². The number of hydrogen-bond acceptors (Lipinski definition) is 4. The van der Waals surface area contributed by atoms with Crippen LogP contribution in [0.25, 0.3) is 0 Å². The summed E-state index contributed by atoms with van der Waals surface area (Å²) in [7, 11) is 0. The van der Waals surface area contributed by atoms with Gasteiger partial charge in [0.15, 0.2) is 0 Å². The van der Waals surface area contributed by atoms with Gasteiger partial charge >= 0.3 is 11.9 Å². The van der Waals surface area contributed by atoms with Crippen molar-refractivity contribution in [3.8, 4) is 0 Å². The number of esters is 2. The second-order valence-corrected chi connectivity index (χ2v) is 19.0. The van der Waals surface area contributed by atoms with Crippen LogP contribution in [0.3, 0.4) is 0 Å². The number of fused-ring (bicyclic) bond motifs is 6. The van der Waals surface area contributed by atoms with Crippen LogP contribution in [0.15, 0.2) is 48.6 Å². The van der Waals surface area contributed by atoms with Gasteiger partial charge in [0.25, 0.3) is 0 Å². The molecule has 4 fully saturated rings. The third-order valence-electron chi connectivity index (χ3n) is 15.4. The molecular formula is C43H64O4. The molecule has 0 amide bonds. The van der Waals surface area contributed by atoms with Gasteiger partial charge in [-0.25, -0.2) is 0 Å². The summed E-state index contributed by atoms with van der Waals surface area (Å²) in [5.74, 6) is 1.67. The fourth-order valence-corrected chi connectivity index (χ4v) is 12.7. The van der Waals surface area contributed by atoms with Crippen LogP contribution in [-0.2, 0) is 19.1 Å². The molecule has 47 heavy (non-hydrogen) atoms. The number of carbonyl (C=O) groups is 2. The predicted octanol–water partition coefficient (Wildman–Crippen LogP) is 10.7. The van der Waals surface area contributed by atoms with E-state index in [1.165, 1.54) is 49.7 Å². The molecule has 0 saturated heterocycles. The summed E-state index contributed by atoms with van der Waals surface area (Å²) >= 11 is 0. The zero-order valence-electron chi connectivity index (χ0n) is 30.7. The quantitative estimate of drug-likeness (QED) is 0.150. The number of hydrogen-bond donors (Lipinski definition) is 0. The highest BCUT2D eigenvalue weighted by atomic mass is 16.6. The molecule has 8 atom stereocenters. The maximum atomic E-state index is 13.0. The van der Waals surface area contributed by atoms with Gasteiger partial charge in [-0.15, -0.1) is 13.2 Å². The summed E-state index contributed by atoms with van der Waals surface area (Å²) in [5, 5.41) is 0. The highest BCUT2D eigenvalue weighted by Crippen LogP contribution is 2.65. The van der Waals surface area contributed by atoms with Crippen molar-refractivity contribution in [2.45, 2.75) is 138 Å². The summed E-state index contributed by atoms with van der Waals surface area (Å²) in [4.78, 5) is 25.9. The van der Waals surface area contributed by atoms with E-state index in [1.807, 2.05) is 12.2 Å². The second kappa shape index (κ2) is 12.3. The Morgan fingerprint density at radius 1 is 0.681 bits per heavy atom. The minimum atomic E-state index is -0.498. The molecule has 0 aromatic heterocycles. The molecule has 4 saturated carbocycles. The van der Waals surface area contributed by atoms with Gasteiger partial charge in [0, 0.05) is 10.8 Å². The minimum absolute atomic E-state index is 0.266. The van der Waals surface area contributed by atoms with Crippen LogP contribution in [0, 0.1) is 56.2 Å². The van der Waals surface area contributed by atoms with Crippen molar-refractivity contribution in [2.24, 2.45) is 56.2 Å². The lowest BCUT2D eigenvalue weighted by molar-refractivity contribution is -0.158. The molecule has 4 heteroatoms. The van der Waals surface area contributed by atoms with Crippen LogP contribution in [0.5, 0.6) is 0 Å². The Morgan fingerprint density at radius 2 is 1.09 bits per heavy atom. The monoisotopic (exact) mass is 644 g/mol. The highest BCUT2D eigenvalue weighted by Gasteiger charge is 2.56. The van der Waals surface area contributed by atoms with Crippen molar-refractivity contribution in [2.75, 3.05) is 13.2 Å². The minimum Gasteiger partial charge on any atom is -0.464 e. The lowest BCUT2D eigenvalue weighted by atomic mass is 9.46. The van der Waals surface area contributed by atoms with E-state index < -0.39 is 11.9 Å². The summed E-state index contributed by atoms with van der Waals surface area (Å²) in [6.45, 7) is 23.9. The zero-order valence-corrected chi connectivity index (χ0v) is 30.7. The first-order valence-corrected chi connectivity index (χ1v) is 19.1. The summed E-state index contributed by atoms with van der Waals surface area (Å²) in [6, 6.07) is 0. The molecule has 6 rings (SSSR count). The van der Waals surface area contributed by atoms with E-state index in [4.69, 9.17) is 9.47 Å². The molecule has 260 valence electrons. The molecule has 0 aromatic rings. The Morgan fingerprint density at radius 3 is 1.47 bits per heavy atom. The Bertz CT molecular complexity index is 1230. The molecular weight excluding hydrogens is 580 g/mol. The normalized spacial score (nSPS) is 41.7. The smallest absolute Gasteiger partial charge is 0.317 e. The lowest BCUT2D eigenvalue weighted by Gasteiger charge is -2.59. The Kier molecular flexibility index (Phi) is 9.13. The van der Waals surface area contributed by atoms with E-state index in [1.54, 1.807) is 0 Å². The number of rotatable bonds is 8. The SMILES string of the molecule is C=C[C@]1(COC(=O)CC(=O)OC[C@@]2(C=C)CC[C@H]3C(=CC[C@@H]4C(C)(C)CCC[C@]43C)C2)CC[C@H]2C(=CC[C@H]3C(C)(C)CCC[C@@]23C)C1. The number of carbonyl (C=O) groups excluding carboxylic acids is 2. The third kappa shape index (κ3) is 6.16. The predicted molar refractivity (Wildman–Crippen MR) is 190 cm³/mol. The van der Waals surface area contributed by atoms with Gasteiger partial charge in [0.1, 0.15) is 19.6 Å². The first-order chi connectivity index (χ1) is 22.1. The van der Waals surface area contributed by atoms with Crippen molar-refractivity contribution in [1.29, 1.82) is 0 Å². The van der Waals surface area contributed by atoms with Crippen LogP contribution in [0.1, 0.15) is 138 Å². The van der Waals surface area contributed by atoms with Crippen LogP contribution in [0.2, 0.25) is 0 Å². The summed E-state index contributed by atoms with van der Waals surface area (Å²) in [5.41, 5.74) is 4.02. The Hall–Kier alpha value is -2.10. The molecule has 0 radical (unpaired) electrons. The molecule has 4 nitrogen and oxygen atoms in total. The van der Waals surface area contributed by atoms with E-state index in [0.717, 1.165) is 63.2 Å². The van der Waals surface area contributed by atoms with E-state index in [2.05, 4.69) is 66.9 Å². The molecule has 0 aromatic carbocycles. The Labute approximate surface area is 286 Å². The largest absolute Gasteiger partial charge is 0.464 e. The first-order valence-electron chi connectivity index (χ1n) is 19.1. The van der Waals surface area contributed by atoms with Crippen LogP contribution in [-0.4, -0.2) is 25.2 Å². The van der Waals surface area contributed by atoms with Crippen LogP contribution < -0.4 is 0 Å². The Balaban J connectivity index is 1.01. The molecule has 0 N–H and O–H groups in total. The maximum absolute atomic E-state index is 13.0. The molecule has 6 aliphatic rings. The number of allylic oxidation sites excluding steroid dienone is 4. The molecule has 0 spiro atoms. The van der Waals surface area contributed by atoms with Crippen LogP contribution >= 0.6 is 0 Å². The van der Waals surface area contributed by atoms with Crippen molar-refractivity contribution >= 4 is 11.9 Å². The molecule has 0 bridgehead atoms. The molecule has 0 heterocycles. The fourth-order valence-electron chi connectivity index (χ4n) is 12.7. The van der Waals surface area contributed by atoms with E-state index >= 15 is 0 Å². The van der Waals surface area contributed by atoms with Crippen molar-refractivity contribution < 1.29 is 19.1 Å². The fraction of sp³-hybridized carbons (Fsp3) is 0.767. The van der Waals surface area contributed by atoms with Gasteiger partial charge in [0.05, 0.1) is 0 Å². The van der Waals surface area contributed by atoms with E-state index in [0.29, 0.717) is 33.5 Å². The average molecular weight is 645 g/mol. The topological polar surface area (TPSA) is 52.6 Å². The second-order valence-electron chi connectivity index (χ2n) is 19.0. The molecule has 6 aliphatic carbocycles. The number of ether oxygens (including phenoxy) is 2. The van der Waals surface area contributed by atoms with Crippen LogP contribution in [0.4, 0.5) is 0 Å². The highest BCUT2D eigenvalue weighted by molar-refractivity contribution is 5.91. The molecule has 0 unspecified atom stereocenters. The average Bonchev–Trinajstić information content (AvgIpc) is 3.01.